The zero-order chi connectivity index (χ0) is 19.2. The first-order valence-corrected chi connectivity index (χ1v) is 9.22. The van der Waals surface area contributed by atoms with Crippen molar-refractivity contribution in [1.29, 1.82) is 0 Å². The number of benzene rings is 2. The van der Waals surface area contributed by atoms with Crippen LogP contribution >= 0.6 is 22.6 Å². The summed E-state index contributed by atoms with van der Waals surface area (Å²) in [7, 11) is 0. The summed E-state index contributed by atoms with van der Waals surface area (Å²) in [5.41, 5.74) is 1.19. The van der Waals surface area contributed by atoms with E-state index in [2.05, 4.69) is 33.2 Å². The van der Waals surface area contributed by atoms with Crippen LogP contribution < -0.4 is 20.1 Å². The Hall–Kier alpha value is -2.59. The molecule has 0 bridgehead atoms. The highest BCUT2D eigenvalue weighted by atomic mass is 127. The monoisotopic (exact) mass is 480 g/mol. The fourth-order valence-corrected chi connectivity index (χ4v) is 3.06. The average Bonchev–Trinajstić information content (AvgIpc) is 3.13. The van der Waals surface area contributed by atoms with Crippen molar-refractivity contribution >= 4 is 40.5 Å². The molecule has 0 aromatic heterocycles. The standard InChI is InChI=1S/C19H17IN2O5/c20-14-4-2-1-3-13(14)18(24)22-15(19(25)21-7-8-23)9-12-5-6-16-17(10-12)27-11-26-16/h1-6,9-10,23H,7-8,11H2,(H,21,25)(H,22,24)/b15-9+. The molecule has 8 heteroatoms. The third-order valence-electron chi connectivity index (χ3n) is 3.72. The summed E-state index contributed by atoms with van der Waals surface area (Å²) >= 11 is 2.06. The lowest BCUT2D eigenvalue weighted by atomic mass is 10.1. The van der Waals surface area contributed by atoms with E-state index in [-0.39, 0.29) is 25.6 Å². The Morgan fingerprint density at radius 1 is 1.15 bits per heavy atom. The number of fused-ring (bicyclic) bond motifs is 1. The Bertz CT molecular complexity index is 897. The molecule has 1 heterocycles. The fraction of sp³-hybridized carbons (Fsp3) is 0.158. The number of aliphatic hydroxyl groups is 1. The summed E-state index contributed by atoms with van der Waals surface area (Å²) < 4.78 is 11.4. The van der Waals surface area contributed by atoms with Crippen molar-refractivity contribution in [3.05, 3.63) is 62.9 Å². The van der Waals surface area contributed by atoms with Crippen molar-refractivity contribution in [3.63, 3.8) is 0 Å². The van der Waals surface area contributed by atoms with Gasteiger partial charge in [0, 0.05) is 10.1 Å². The van der Waals surface area contributed by atoms with Crippen molar-refractivity contribution in [1.82, 2.24) is 10.6 Å². The largest absolute Gasteiger partial charge is 0.454 e. The first-order valence-electron chi connectivity index (χ1n) is 8.15. The third-order valence-corrected chi connectivity index (χ3v) is 4.66. The van der Waals surface area contributed by atoms with Crippen molar-refractivity contribution < 1.29 is 24.2 Å². The van der Waals surface area contributed by atoms with E-state index in [1.54, 1.807) is 36.4 Å². The molecule has 0 fully saturated rings. The van der Waals surface area contributed by atoms with E-state index >= 15 is 0 Å². The predicted octanol–water partition coefficient (Wildman–Crippen LogP) is 1.90. The molecule has 1 aliphatic heterocycles. The highest BCUT2D eigenvalue weighted by Crippen LogP contribution is 2.33. The molecule has 2 aromatic rings. The third kappa shape index (κ3) is 4.77. The van der Waals surface area contributed by atoms with Crippen molar-refractivity contribution in [2.75, 3.05) is 19.9 Å². The highest BCUT2D eigenvalue weighted by molar-refractivity contribution is 14.1. The highest BCUT2D eigenvalue weighted by Gasteiger charge is 2.17. The Balaban J connectivity index is 1.87. The maximum absolute atomic E-state index is 12.6. The van der Waals surface area contributed by atoms with Crippen LogP contribution in [0.25, 0.3) is 6.08 Å². The Morgan fingerprint density at radius 2 is 1.93 bits per heavy atom. The van der Waals surface area contributed by atoms with E-state index in [1.807, 2.05) is 12.1 Å². The maximum atomic E-state index is 12.6. The molecular formula is C19H17IN2O5. The zero-order valence-electron chi connectivity index (χ0n) is 14.2. The number of hydrogen-bond acceptors (Lipinski definition) is 5. The fourth-order valence-electron chi connectivity index (χ4n) is 2.43. The molecule has 2 amide bonds. The van der Waals surface area contributed by atoms with Gasteiger partial charge < -0.3 is 25.2 Å². The number of hydrogen-bond donors (Lipinski definition) is 3. The molecule has 3 N–H and O–H groups in total. The topological polar surface area (TPSA) is 96.9 Å². The van der Waals surface area contributed by atoms with Crippen LogP contribution in [0.3, 0.4) is 0 Å². The molecule has 1 aliphatic rings. The first-order chi connectivity index (χ1) is 13.1. The number of aliphatic hydroxyl groups excluding tert-OH is 1. The molecule has 0 saturated carbocycles. The lowest BCUT2D eigenvalue weighted by molar-refractivity contribution is -0.117. The van der Waals surface area contributed by atoms with E-state index in [0.717, 1.165) is 3.57 Å². The summed E-state index contributed by atoms with van der Waals surface area (Å²) in [4.78, 5) is 25.0. The SMILES string of the molecule is O=C(NCCO)/C(=C\c1ccc2c(c1)OCO2)NC(=O)c1ccccc1I. The van der Waals surface area contributed by atoms with Gasteiger partial charge in [0.05, 0.1) is 12.2 Å². The van der Waals surface area contributed by atoms with Crippen LogP contribution in [0.2, 0.25) is 0 Å². The van der Waals surface area contributed by atoms with Crippen LogP contribution in [-0.4, -0.2) is 36.9 Å². The zero-order valence-corrected chi connectivity index (χ0v) is 16.4. The van der Waals surface area contributed by atoms with Crippen LogP contribution in [0.4, 0.5) is 0 Å². The molecule has 140 valence electrons. The van der Waals surface area contributed by atoms with Gasteiger partial charge in [-0.1, -0.05) is 18.2 Å². The summed E-state index contributed by atoms with van der Waals surface area (Å²) in [6.45, 7) is 0.0269. The summed E-state index contributed by atoms with van der Waals surface area (Å²) in [5.74, 6) is 0.302. The van der Waals surface area contributed by atoms with Gasteiger partial charge in [0.2, 0.25) is 6.79 Å². The molecule has 0 unspecified atom stereocenters. The molecule has 0 saturated heterocycles. The van der Waals surface area contributed by atoms with Gasteiger partial charge in [-0.05, 0) is 58.5 Å². The number of rotatable bonds is 6. The molecule has 0 spiro atoms. The van der Waals surface area contributed by atoms with Gasteiger partial charge in [0.25, 0.3) is 11.8 Å². The van der Waals surface area contributed by atoms with Crippen LogP contribution in [0, 0.1) is 3.57 Å². The first kappa shape index (κ1) is 19.2. The molecule has 0 aliphatic carbocycles. The Morgan fingerprint density at radius 3 is 2.70 bits per heavy atom. The lowest BCUT2D eigenvalue weighted by Gasteiger charge is -2.11. The minimum Gasteiger partial charge on any atom is -0.454 e. The molecule has 27 heavy (non-hydrogen) atoms. The van der Waals surface area contributed by atoms with Crippen molar-refractivity contribution in [2.45, 2.75) is 0 Å². The number of nitrogens with one attached hydrogen (secondary N) is 2. The molecular weight excluding hydrogens is 463 g/mol. The second-order valence-electron chi connectivity index (χ2n) is 5.58. The van der Waals surface area contributed by atoms with Gasteiger partial charge in [-0.3, -0.25) is 9.59 Å². The van der Waals surface area contributed by atoms with E-state index < -0.39 is 11.8 Å². The molecule has 0 radical (unpaired) electrons. The number of amides is 2. The quantitative estimate of drug-likeness (QED) is 0.434. The predicted molar refractivity (Wildman–Crippen MR) is 107 cm³/mol. The summed E-state index contributed by atoms with van der Waals surface area (Å²) in [6.07, 6.45) is 1.54. The molecule has 0 atom stereocenters. The maximum Gasteiger partial charge on any atom is 0.267 e. The average molecular weight is 480 g/mol. The van der Waals surface area contributed by atoms with E-state index in [9.17, 15) is 9.59 Å². The van der Waals surface area contributed by atoms with E-state index in [1.165, 1.54) is 0 Å². The normalized spacial score (nSPS) is 12.6. The Labute approximate surface area is 169 Å². The smallest absolute Gasteiger partial charge is 0.267 e. The number of ether oxygens (including phenoxy) is 2. The summed E-state index contributed by atoms with van der Waals surface area (Å²) in [6, 6.07) is 12.3. The molecule has 2 aromatic carbocycles. The van der Waals surface area contributed by atoms with Gasteiger partial charge in [0.1, 0.15) is 5.70 Å². The van der Waals surface area contributed by atoms with Gasteiger partial charge in [-0.2, -0.15) is 0 Å². The van der Waals surface area contributed by atoms with Gasteiger partial charge in [0.15, 0.2) is 11.5 Å². The van der Waals surface area contributed by atoms with Crippen molar-refractivity contribution in [2.24, 2.45) is 0 Å². The van der Waals surface area contributed by atoms with Crippen LogP contribution in [-0.2, 0) is 4.79 Å². The number of carbonyl (C=O) groups is 2. The lowest BCUT2D eigenvalue weighted by Crippen LogP contribution is -2.36. The summed E-state index contributed by atoms with van der Waals surface area (Å²) in [5, 5.41) is 14.1. The number of carbonyl (C=O) groups excluding carboxylic acids is 2. The van der Waals surface area contributed by atoms with Crippen LogP contribution in [0.15, 0.2) is 48.2 Å². The van der Waals surface area contributed by atoms with Gasteiger partial charge >= 0.3 is 0 Å². The Kier molecular flexibility index (Phi) is 6.30. The van der Waals surface area contributed by atoms with Crippen LogP contribution in [0.1, 0.15) is 15.9 Å². The second kappa shape index (κ2) is 8.87. The second-order valence-corrected chi connectivity index (χ2v) is 6.75. The van der Waals surface area contributed by atoms with Crippen molar-refractivity contribution in [3.8, 4) is 11.5 Å². The van der Waals surface area contributed by atoms with E-state index in [4.69, 9.17) is 14.6 Å². The van der Waals surface area contributed by atoms with Gasteiger partial charge in [-0.25, -0.2) is 0 Å². The molecule has 3 rings (SSSR count). The minimum absolute atomic E-state index is 0.0620. The minimum atomic E-state index is -0.499. The number of halogens is 1. The van der Waals surface area contributed by atoms with E-state index in [0.29, 0.717) is 22.6 Å². The molecule has 7 nitrogen and oxygen atoms in total. The van der Waals surface area contributed by atoms with Crippen LogP contribution in [0.5, 0.6) is 11.5 Å². The van der Waals surface area contributed by atoms with Gasteiger partial charge in [-0.15, -0.1) is 0 Å².